The topological polar surface area (TPSA) is 55.6 Å². The monoisotopic (exact) mass is 450 g/mol. The molecule has 0 saturated carbocycles. The molecule has 3 aromatic rings. The standard InChI is InChI=1S/C27H28F2N2O2/c28-22-5-1-19(2-6-22)26(33-25-11-9-24(30)10-12-25)15-18-31-16-13-21(14-17-31)27(32)20-3-7-23(29)8-4-20/h1-12,21,26H,13-18,30H2. The summed E-state index contributed by atoms with van der Waals surface area (Å²) in [6.45, 7) is 2.43. The summed E-state index contributed by atoms with van der Waals surface area (Å²) >= 11 is 0. The molecular weight excluding hydrogens is 422 g/mol. The zero-order chi connectivity index (χ0) is 23.2. The lowest BCUT2D eigenvalue weighted by atomic mass is 9.88. The minimum absolute atomic E-state index is 0.0364. The highest BCUT2D eigenvalue weighted by atomic mass is 19.1. The van der Waals surface area contributed by atoms with Crippen LogP contribution in [0.1, 0.15) is 41.3 Å². The molecule has 1 unspecified atom stereocenters. The van der Waals surface area contributed by atoms with Gasteiger partial charge in [0.15, 0.2) is 5.78 Å². The maximum absolute atomic E-state index is 13.4. The van der Waals surface area contributed by atoms with Crippen molar-refractivity contribution in [3.63, 3.8) is 0 Å². The number of hydrogen-bond acceptors (Lipinski definition) is 4. The van der Waals surface area contributed by atoms with E-state index in [2.05, 4.69) is 4.90 Å². The van der Waals surface area contributed by atoms with E-state index in [4.69, 9.17) is 10.5 Å². The first kappa shape index (κ1) is 22.9. The van der Waals surface area contributed by atoms with Crippen molar-refractivity contribution >= 4 is 11.5 Å². The smallest absolute Gasteiger partial charge is 0.166 e. The minimum atomic E-state index is -0.335. The summed E-state index contributed by atoms with van der Waals surface area (Å²) < 4.78 is 32.8. The van der Waals surface area contributed by atoms with Gasteiger partial charge in [-0.05, 0) is 92.2 Å². The quantitative estimate of drug-likeness (QED) is 0.356. The summed E-state index contributed by atoms with van der Waals surface area (Å²) in [7, 11) is 0. The lowest BCUT2D eigenvalue weighted by molar-refractivity contribution is 0.0822. The van der Waals surface area contributed by atoms with Crippen LogP contribution in [0.15, 0.2) is 72.8 Å². The largest absolute Gasteiger partial charge is 0.486 e. The van der Waals surface area contributed by atoms with Crippen molar-refractivity contribution in [2.24, 2.45) is 5.92 Å². The van der Waals surface area contributed by atoms with Gasteiger partial charge in [0, 0.05) is 30.1 Å². The molecule has 1 fully saturated rings. The summed E-state index contributed by atoms with van der Waals surface area (Å²) in [6, 6.07) is 19.4. The molecule has 0 amide bonds. The molecule has 1 aliphatic heterocycles. The van der Waals surface area contributed by atoms with Gasteiger partial charge in [-0.25, -0.2) is 8.78 Å². The highest BCUT2D eigenvalue weighted by Gasteiger charge is 2.26. The molecule has 1 saturated heterocycles. The van der Waals surface area contributed by atoms with Crippen molar-refractivity contribution in [1.82, 2.24) is 4.90 Å². The van der Waals surface area contributed by atoms with Crippen LogP contribution in [-0.2, 0) is 0 Å². The Bertz CT molecular complexity index is 1040. The van der Waals surface area contributed by atoms with Crippen LogP contribution < -0.4 is 10.5 Å². The second-order valence-corrected chi connectivity index (χ2v) is 8.50. The SMILES string of the molecule is Nc1ccc(OC(CCN2CCC(C(=O)c3ccc(F)cc3)CC2)c2ccc(F)cc2)cc1. The molecule has 0 aliphatic carbocycles. The van der Waals surface area contributed by atoms with Gasteiger partial charge < -0.3 is 15.4 Å². The molecule has 6 heteroatoms. The fourth-order valence-electron chi connectivity index (χ4n) is 4.25. The maximum atomic E-state index is 13.4. The van der Waals surface area contributed by atoms with Crippen LogP contribution in [0.4, 0.5) is 14.5 Å². The number of ketones is 1. The van der Waals surface area contributed by atoms with E-state index >= 15 is 0 Å². The third kappa shape index (κ3) is 6.17. The molecule has 33 heavy (non-hydrogen) atoms. The first-order valence-electron chi connectivity index (χ1n) is 11.3. The number of hydrogen-bond donors (Lipinski definition) is 1. The summed E-state index contributed by atoms with van der Waals surface area (Å²) in [6.07, 6.45) is 2.05. The molecule has 0 radical (unpaired) electrons. The third-order valence-electron chi connectivity index (χ3n) is 6.19. The number of Topliss-reactive ketones (excluding diaryl/α,β-unsaturated/α-hetero) is 1. The number of nitrogens with two attached hydrogens (primary N) is 1. The summed E-state index contributed by atoms with van der Waals surface area (Å²) in [5, 5.41) is 0. The van der Waals surface area contributed by atoms with Crippen molar-refractivity contribution in [2.75, 3.05) is 25.4 Å². The van der Waals surface area contributed by atoms with Crippen molar-refractivity contribution in [3.05, 3.63) is 95.6 Å². The second kappa shape index (κ2) is 10.6. The Hall–Kier alpha value is -3.25. The molecular formula is C27H28F2N2O2. The van der Waals surface area contributed by atoms with Gasteiger partial charge in [-0.1, -0.05) is 12.1 Å². The number of nitrogen functional groups attached to an aromatic ring is 1. The molecule has 1 heterocycles. The van der Waals surface area contributed by atoms with Gasteiger partial charge in [-0.2, -0.15) is 0 Å². The van der Waals surface area contributed by atoms with Crippen molar-refractivity contribution < 1.29 is 18.3 Å². The van der Waals surface area contributed by atoms with Crippen molar-refractivity contribution in [1.29, 1.82) is 0 Å². The van der Waals surface area contributed by atoms with Crippen LogP contribution >= 0.6 is 0 Å². The fraction of sp³-hybridized carbons (Fsp3) is 0.296. The van der Waals surface area contributed by atoms with Gasteiger partial charge >= 0.3 is 0 Å². The van der Waals surface area contributed by atoms with Gasteiger partial charge in [0.25, 0.3) is 0 Å². The Labute approximate surface area is 193 Å². The highest BCUT2D eigenvalue weighted by molar-refractivity contribution is 5.97. The number of rotatable bonds is 8. The number of benzene rings is 3. The Morgan fingerprint density at radius 1 is 0.909 bits per heavy atom. The molecule has 3 aromatic carbocycles. The summed E-state index contributed by atoms with van der Waals surface area (Å²) in [4.78, 5) is 15.1. The molecule has 1 aliphatic rings. The van der Waals surface area contributed by atoms with E-state index in [1.807, 2.05) is 12.1 Å². The zero-order valence-corrected chi connectivity index (χ0v) is 18.4. The lowest BCUT2D eigenvalue weighted by Crippen LogP contribution is -2.37. The predicted molar refractivity (Wildman–Crippen MR) is 125 cm³/mol. The van der Waals surface area contributed by atoms with E-state index in [9.17, 15) is 13.6 Å². The molecule has 4 rings (SSSR count). The number of ether oxygens (including phenoxy) is 1. The fourth-order valence-corrected chi connectivity index (χ4v) is 4.25. The van der Waals surface area contributed by atoms with Crippen molar-refractivity contribution in [3.8, 4) is 5.75 Å². The van der Waals surface area contributed by atoms with Crippen molar-refractivity contribution in [2.45, 2.75) is 25.4 Å². The molecule has 0 bridgehead atoms. The Balaban J connectivity index is 1.34. The third-order valence-corrected chi connectivity index (χ3v) is 6.19. The number of carbonyl (C=O) groups excluding carboxylic acids is 1. The Kier molecular flexibility index (Phi) is 7.35. The number of piperidine rings is 1. The van der Waals surface area contributed by atoms with E-state index < -0.39 is 0 Å². The van der Waals surface area contributed by atoms with E-state index in [-0.39, 0.29) is 29.4 Å². The van der Waals surface area contributed by atoms with Crippen LogP contribution in [0.2, 0.25) is 0 Å². The van der Waals surface area contributed by atoms with E-state index in [0.717, 1.165) is 44.5 Å². The van der Waals surface area contributed by atoms with Gasteiger partial charge in [-0.3, -0.25) is 4.79 Å². The van der Waals surface area contributed by atoms with E-state index in [0.29, 0.717) is 17.0 Å². The van der Waals surface area contributed by atoms with E-state index in [1.54, 1.807) is 36.4 Å². The maximum Gasteiger partial charge on any atom is 0.166 e. The molecule has 2 N–H and O–H groups in total. The average Bonchev–Trinajstić information content (AvgIpc) is 2.84. The van der Waals surface area contributed by atoms with Crippen LogP contribution in [0, 0.1) is 17.6 Å². The van der Waals surface area contributed by atoms with E-state index in [1.165, 1.54) is 24.3 Å². The molecule has 0 aromatic heterocycles. The van der Waals surface area contributed by atoms with Crippen LogP contribution in [-0.4, -0.2) is 30.3 Å². The number of nitrogens with zero attached hydrogens (tertiary/aromatic N) is 1. The molecule has 1 atom stereocenters. The van der Waals surface area contributed by atoms with Crippen LogP contribution in [0.5, 0.6) is 5.75 Å². The molecule has 4 nitrogen and oxygen atoms in total. The number of carbonyl (C=O) groups is 1. The highest BCUT2D eigenvalue weighted by Crippen LogP contribution is 2.28. The molecule has 0 spiro atoms. The van der Waals surface area contributed by atoms with Crippen LogP contribution in [0.25, 0.3) is 0 Å². The van der Waals surface area contributed by atoms with Crippen LogP contribution in [0.3, 0.4) is 0 Å². The first-order valence-corrected chi connectivity index (χ1v) is 11.3. The average molecular weight is 451 g/mol. The van der Waals surface area contributed by atoms with Gasteiger partial charge in [0.2, 0.25) is 0 Å². The lowest BCUT2D eigenvalue weighted by Gasteiger charge is -2.32. The zero-order valence-electron chi connectivity index (χ0n) is 18.4. The normalized spacial score (nSPS) is 15.8. The second-order valence-electron chi connectivity index (χ2n) is 8.50. The van der Waals surface area contributed by atoms with Gasteiger partial charge in [0.05, 0.1) is 0 Å². The Morgan fingerprint density at radius 2 is 1.48 bits per heavy atom. The van der Waals surface area contributed by atoms with Gasteiger partial charge in [0.1, 0.15) is 23.5 Å². The predicted octanol–water partition coefficient (Wildman–Crippen LogP) is 5.65. The first-order chi connectivity index (χ1) is 16.0. The Morgan fingerprint density at radius 3 is 2.09 bits per heavy atom. The summed E-state index contributed by atoms with van der Waals surface area (Å²) in [5.74, 6) is 0.148. The minimum Gasteiger partial charge on any atom is -0.486 e. The number of halogens is 2. The van der Waals surface area contributed by atoms with Gasteiger partial charge in [-0.15, -0.1) is 0 Å². The number of likely N-dealkylation sites (tertiary alicyclic amines) is 1. The number of anilines is 1. The molecule has 172 valence electrons. The summed E-state index contributed by atoms with van der Waals surface area (Å²) in [5.41, 5.74) is 7.92.